The number of anilines is 2. The fourth-order valence-electron chi connectivity index (χ4n) is 2.74. The monoisotopic (exact) mass is 355 g/mol. The van der Waals surface area contributed by atoms with Gasteiger partial charge in [0, 0.05) is 12.1 Å². The number of nitrogens with zero attached hydrogens (tertiary/aromatic N) is 2. The average molecular weight is 355 g/mol. The molecule has 1 aliphatic heterocycles. The summed E-state index contributed by atoms with van der Waals surface area (Å²) in [5, 5.41) is 11.8. The van der Waals surface area contributed by atoms with Crippen LogP contribution in [0.4, 0.5) is 11.4 Å². The Balaban J connectivity index is 1.78. The van der Waals surface area contributed by atoms with E-state index in [0.29, 0.717) is 35.5 Å². The molecule has 1 amide bonds. The highest BCUT2D eigenvalue weighted by Crippen LogP contribution is 2.24. The number of nitrogens with one attached hydrogen (secondary N) is 1. The zero-order valence-electron chi connectivity index (χ0n) is 13.5. The lowest BCUT2D eigenvalue weighted by molar-refractivity contribution is 0.102. The number of carbonyl (C=O) groups is 1. The van der Waals surface area contributed by atoms with Crippen LogP contribution in [0.1, 0.15) is 28.8 Å². The summed E-state index contributed by atoms with van der Waals surface area (Å²) in [6.07, 6.45) is 1.50. The van der Waals surface area contributed by atoms with Gasteiger partial charge >= 0.3 is 0 Å². The Kier molecular flexibility index (Phi) is 4.72. The van der Waals surface area contributed by atoms with Crippen LogP contribution in [0.15, 0.2) is 48.5 Å². The van der Waals surface area contributed by atoms with Gasteiger partial charge in [0.1, 0.15) is 6.07 Å². The predicted molar refractivity (Wildman–Crippen MR) is 95.9 cm³/mol. The molecule has 0 radical (unpaired) electrons. The fourth-order valence-corrected chi connectivity index (χ4v) is 4.38. The van der Waals surface area contributed by atoms with Crippen LogP contribution < -0.4 is 9.62 Å². The summed E-state index contributed by atoms with van der Waals surface area (Å²) in [4.78, 5) is 12.3. The van der Waals surface area contributed by atoms with E-state index >= 15 is 0 Å². The van der Waals surface area contributed by atoms with E-state index in [9.17, 15) is 13.2 Å². The van der Waals surface area contributed by atoms with Crippen molar-refractivity contribution in [2.75, 3.05) is 21.9 Å². The van der Waals surface area contributed by atoms with E-state index in [4.69, 9.17) is 5.26 Å². The standard InChI is InChI=1S/C18H17N3O3S/c19-13-15-5-1-2-6-17(15)20-18(22)14-7-9-16(10-8-14)21-11-3-4-12-25(21,23)24/h1-2,5-10H,3-4,11-12H2,(H,20,22). The topological polar surface area (TPSA) is 90.3 Å². The molecule has 0 aliphatic carbocycles. The molecule has 0 bridgehead atoms. The van der Waals surface area contributed by atoms with E-state index in [1.807, 2.05) is 6.07 Å². The molecule has 1 aliphatic rings. The summed E-state index contributed by atoms with van der Waals surface area (Å²) in [5.74, 6) is -0.198. The highest BCUT2D eigenvalue weighted by atomic mass is 32.2. The Morgan fingerprint density at radius 1 is 1.08 bits per heavy atom. The maximum absolute atomic E-state index is 12.3. The van der Waals surface area contributed by atoms with Crippen molar-refractivity contribution in [1.29, 1.82) is 5.26 Å². The summed E-state index contributed by atoms with van der Waals surface area (Å²) >= 11 is 0. The molecule has 1 fully saturated rings. The molecule has 0 saturated carbocycles. The third kappa shape index (κ3) is 3.64. The predicted octanol–water partition coefficient (Wildman–Crippen LogP) is 2.74. The Morgan fingerprint density at radius 2 is 1.80 bits per heavy atom. The summed E-state index contributed by atoms with van der Waals surface area (Å²) in [7, 11) is -3.27. The van der Waals surface area contributed by atoms with Crippen LogP contribution in [0, 0.1) is 11.3 Å². The van der Waals surface area contributed by atoms with E-state index in [-0.39, 0.29) is 11.7 Å². The van der Waals surface area contributed by atoms with Crippen molar-refractivity contribution >= 4 is 27.3 Å². The zero-order chi connectivity index (χ0) is 17.9. The average Bonchev–Trinajstić information content (AvgIpc) is 2.62. The first-order valence-electron chi connectivity index (χ1n) is 7.92. The van der Waals surface area contributed by atoms with Gasteiger partial charge in [-0.15, -0.1) is 0 Å². The van der Waals surface area contributed by atoms with Gasteiger partial charge in [0.2, 0.25) is 10.0 Å². The first kappa shape index (κ1) is 17.0. The maximum Gasteiger partial charge on any atom is 0.255 e. The number of hydrogen-bond acceptors (Lipinski definition) is 4. The van der Waals surface area contributed by atoms with Gasteiger partial charge in [-0.25, -0.2) is 8.42 Å². The molecule has 0 aromatic heterocycles. The zero-order valence-corrected chi connectivity index (χ0v) is 14.3. The molecule has 128 valence electrons. The quantitative estimate of drug-likeness (QED) is 0.916. The number of amides is 1. The maximum atomic E-state index is 12.3. The van der Waals surface area contributed by atoms with Crippen molar-refractivity contribution in [1.82, 2.24) is 0 Å². The minimum Gasteiger partial charge on any atom is -0.321 e. The first-order chi connectivity index (χ1) is 12.0. The van der Waals surface area contributed by atoms with Crippen LogP contribution in [0.25, 0.3) is 0 Å². The molecule has 1 heterocycles. The van der Waals surface area contributed by atoms with E-state index in [1.54, 1.807) is 48.5 Å². The second kappa shape index (κ2) is 6.95. The van der Waals surface area contributed by atoms with Gasteiger partial charge < -0.3 is 5.32 Å². The fraction of sp³-hybridized carbons (Fsp3) is 0.222. The van der Waals surface area contributed by atoms with Crippen LogP contribution in [0.2, 0.25) is 0 Å². The second-order valence-corrected chi connectivity index (χ2v) is 7.77. The van der Waals surface area contributed by atoms with Gasteiger partial charge in [-0.1, -0.05) is 12.1 Å². The highest BCUT2D eigenvalue weighted by Gasteiger charge is 2.26. The molecule has 2 aromatic rings. The Morgan fingerprint density at radius 3 is 2.48 bits per heavy atom. The lowest BCUT2D eigenvalue weighted by atomic mass is 10.1. The van der Waals surface area contributed by atoms with Crippen molar-refractivity contribution in [3.05, 3.63) is 59.7 Å². The van der Waals surface area contributed by atoms with Crippen LogP contribution in [-0.2, 0) is 10.0 Å². The van der Waals surface area contributed by atoms with Gasteiger partial charge in [0.15, 0.2) is 0 Å². The molecular weight excluding hydrogens is 338 g/mol. The number of carbonyl (C=O) groups excluding carboxylic acids is 1. The lowest BCUT2D eigenvalue weighted by Gasteiger charge is -2.28. The summed E-state index contributed by atoms with van der Waals surface area (Å²) in [5.41, 5.74) is 1.78. The van der Waals surface area contributed by atoms with Crippen LogP contribution in [-0.4, -0.2) is 26.6 Å². The van der Waals surface area contributed by atoms with Gasteiger partial charge in [-0.2, -0.15) is 5.26 Å². The van der Waals surface area contributed by atoms with Gasteiger partial charge in [0.05, 0.1) is 22.7 Å². The molecule has 3 rings (SSSR count). The molecular formula is C18H17N3O3S. The van der Waals surface area contributed by atoms with Crippen molar-refractivity contribution in [3.8, 4) is 6.07 Å². The van der Waals surface area contributed by atoms with Gasteiger partial charge in [-0.05, 0) is 49.2 Å². The smallest absolute Gasteiger partial charge is 0.255 e. The van der Waals surface area contributed by atoms with Gasteiger partial charge in [0.25, 0.3) is 5.91 Å². The number of hydrogen-bond donors (Lipinski definition) is 1. The summed E-state index contributed by atoms with van der Waals surface area (Å²) in [6.45, 7) is 0.462. The third-order valence-corrected chi connectivity index (χ3v) is 5.93. The molecule has 0 spiro atoms. The summed E-state index contributed by atoms with van der Waals surface area (Å²) in [6, 6.07) is 15.2. The Labute approximate surface area is 146 Å². The van der Waals surface area contributed by atoms with E-state index in [0.717, 1.165) is 6.42 Å². The summed E-state index contributed by atoms with van der Waals surface area (Å²) < 4.78 is 25.6. The van der Waals surface area contributed by atoms with Crippen molar-refractivity contribution in [2.24, 2.45) is 0 Å². The van der Waals surface area contributed by atoms with Crippen LogP contribution in [0.3, 0.4) is 0 Å². The molecule has 25 heavy (non-hydrogen) atoms. The number of rotatable bonds is 3. The van der Waals surface area contributed by atoms with Crippen molar-refractivity contribution < 1.29 is 13.2 Å². The number of para-hydroxylation sites is 1. The Bertz CT molecular complexity index is 931. The highest BCUT2D eigenvalue weighted by molar-refractivity contribution is 7.92. The third-order valence-electron chi connectivity index (χ3n) is 4.06. The normalized spacial score (nSPS) is 16.0. The number of nitriles is 1. The molecule has 2 aromatic carbocycles. The van der Waals surface area contributed by atoms with E-state index in [2.05, 4.69) is 5.32 Å². The first-order valence-corrected chi connectivity index (χ1v) is 9.53. The SMILES string of the molecule is N#Cc1ccccc1NC(=O)c1ccc(N2CCCCS2(=O)=O)cc1. The molecule has 1 saturated heterocycles. The van der Waals surface area contributed by atoms with Gasteiger partial charge in [-0.3, -0.25) is 9.10 Å². The number of benzene rings is 2. The van der Waals surface area contributed by atoms with Crippen molar-refractivity contribution in [2.45, 2.75) is 12.8 Å². The second-order valence-electron chi connectivity index (χ2n) is 5.75. The molecule has 6 nitrogen and oxygen atoms in total. The molecule has 1 N–H and O–H groups in total. The minimum atomic E-state index is -3.27. The number of sulfonamides is 1. The largest absolute Gasteiger partial charge is 0.321 e. The minimum absolute atomic E-state index is 0.153. The van der Waals surface area contributed by atoms with Crippen LogP contribution in [0.5, 0.6) is 0 Å². The van der Waals surface area contributed by atoms with E-state index in [1.165, 1.54) is 4.31 Å². The Hall–Kier alpha value is -2.85. The molecule has 7 heteroatoms. The van der Waals surface area contributed by atoms with E-state index < -0.39 is 10.0 Å². The van der Waals surface area contributed by atoms with Crippen LogP contribution >= 0.6 is 0 Å². The van der Waals surface area contributed by atoms with Crippen molar-refractivity contribution in [3.63, 3.8) is 0 Å². The molecule has 0 unspecified atom stereocenters. The lowest BCUT2D eigenvalue weighted by Crippen LogP contribution is -2.37. The molecule has 0 atom stereocenters.